The minimum atomic E-state index is -0.782. The van der Waals surface area contributed by atoms with Gasteiger partial charge in [0.05, 0.1) is 27.4 Å². The quantitative estimate of drug-likeness (QED) is 0.184. The van der Waals surface area contributed by atoms with Crippen molar-refractivity contribution in [1.29, 1.82) is 0 Å². The van der Waals surface area contributed by atoms with E-state index in [9.17, 15) is 9.60 Å². The minimum Gasteiger partial charge on any atom is -0.0616 e. The first-order valence-electron chi connectivity index (χ1n) is 23.6. The van der Waals surface area contributed by atoms with Crippen LogP contribution >= 0.6 is 0 Å². The first-order valence-corrected chi connectivity index (χ1v) is 13.6. The van der Waals surface area contributed by atoms with Gasteiger partial charge in [-0.3, -0.25) is 0 Å². The van der Waals surface area contributed by atoms with E-state index in [1.165, 1.54) is 0 Å². The molecule has 9 aromatic carbocycles. The third-order valence-corrected chi connectivity index (χ3v) is 7.62. The lowest BCUT2D eigenvalue weighted by atomic mass is 9.84. The maximum absolute atomic E-state index is 10.0. The topological polar surface area (TPSA) is 0 Å². The number of rotatable bonds is 3. The highest BCUT2D eigenvalue weighted by Gasteiger charge is 2.18. The Morgan fingerprint density at radius 1 is 0.318 bits per heavy atom. The molecule has 0 saturated carbocycles. The molecular formula is C44H28. The fourth-order valence-electron chi connectivity index (χ4n) is 5.61. The molecule has 0 atom stereocenters. The summed E-state index contributed by atoms with van der Waals surface area (Å²) in [4.78, 5) is 0. The van der Waals surface area contributed by atoms with Crippen LogP contribution in [0.25, 0.3) is 87.2 Å². The zero-order chi connectivity index (χ0) is 46.4. The van der Waals surface area contributed by atoms with Crippen molar-refractivity contribution in [1.82, 2.24) is 0 Å². The molecule has 0 fully saturated rings. The molecule has 0 spiro atoms. The fraction of sp³-hybridized carbons (Fsp3) is 0. The number of hydrogen-bond acceptors (Lipinski definition) is 0. The Morgan fingerprint density at radius 2 is 0.886 bits per heavy atom. The van der Waals surface area contributed by atoms with Crippen LogP contribution in [0.5, 0.6) is 0 Å². The molecule has 0 heterocycles. The van der Waals surface area contributed by atoms with Crippen molar-refractivity contribution in [3.8, 4) is 33.4 Å². The molecule has 0 nitrogen and oxygen atoms in total. The molecule has 0 radical (unpaired) electrons. The largest absolute Gasteiger partial charge is 0.0636 e. The predicted octanol–water partition coefficient (Wildman–Crippen LogP) is 12.5. The molecule has 0 aliphatic carbocycles. The SMILES string of the molecule is [2H]c1c([2H])c([2H])c2c([2H])c(-c3cc([2H])c4c(-c5c([2H])c([2H])c6c([2H])c([2H])c([2H])c([2H])c6c5[2H])c5c([2H])c([2H])c([2H])c([2H])c5c(-c5ccc6ccccc6c5)c4c3[2H])c([2H])c([2H])c2c1[2H]. The number of benzene rings is 9. The van der Waals surface area contributed by atoms with Crippen molar-refractivity contribution in [2.24, 2.45) is 0 Å². The van der Waals surface area contributed by atoms with E-state index in [1.54, 1.807) is 30.3 Å². The van der Waals surface area contributed by atoms with E-state index in [0.717, 1.165) is 11.5 Å². The van der Waals surface area contributed by atoms with Gasteiger partial charge in [-0.25, -0.2) is 0 Å². The number of hydrogen-bond donors (Lipinski definition) is 0. The summed E-state index contributed by atoms with van der Waals surface area (Å²) in [5.41, 5.74) is -1.49. The highest BCUT2D eigenvalue weighted by molar-refractivity contribution is 6.22. The van der Waals surface area contributed by atoms with Gasteiger partial charge in [-0.1, -0.05) is 145 Å². The molecule has 0 aromatic heterocycles. The van der Waals surface area contributed by atoms with Gasteiger partial charge in [0.2, 0.25) is 0 Å². The lowest BCUT2D eigenvalue weighted by Crippen LogP contribution is -1.92. The lowest BCUT2D eigenvalue weighted by Gasteiger charge is -2.19. The molecule has 9 aromatic rings. The van der Waals surface area contributed by atoms with Gasteiger partial charge in [0.1, 0.15) is 0 Å². The van der Waals surface area contributed by atoms with Crippen molar-refractivity contribution >= 4 is 53.9 Å². The van der Waals surface area contributed by atoms with Gasteiger partial charge in [-0.2, -0.15) is 0 Å². The van der Waals surface area contributed by atoms with Crippen LogP contribution in [-0.4, -0.2) is 0 Å². The molecule has 9 rings (SSSR count). The zero-order valence-electron chi connectivity index (χ0n) is 42.6. The highest BCUT2D eigenvalue weighted by Crippen LogP contribution is 2.45. The fourth-order valence-corrected chi connectivity index (χ4v) is 5.61. The summed E-state index contributed by atoms with van der Waals surface area (Å²) in [6.45, 7) is 0. The van der Waals surface area contributed by atoms with Crippen LogP contribution in [0.1, 0.15) is 27.4 Å². The van der Waals surface area contributed by atoms with Gasteiger partial charge in [0.15, 0.2) is 0 Å². The Morgan fingerprint density at radius 3 is 1.61 bits per heavy atom. The van der Waals surface area contributed by atoms with Crippen LogP contribution in [0.2, 0.25) is 0 Å². The maximum atomic E-state index is 10.0. The van der Waals surface area contributed by atoms with E-state index in [-0.39, 0.29) is 38.2 Å². The van der Waals surface area contributed by atoms with Gasteiger partial charge in [0, 0.05) is 0 Å². The Bertz CT molecular complexity index is 3670. The van der Waals surface area contributed by atoms with Gasteiger partial charge < -0.3 is 0 Å². The zero-order valence-corrected chi connectivity index (χ0v) is 22.6. The van der Waals surface area contributed by atoms with E-state index in [2.05, 4.69) is 0 Å². The molecule has 0 aliphatic heterocycles. The standard InChI is InChI=1S/C44H28/c1-4-12-32-25-35(20-17-29(32)9-1)36-23-24-41-42(28-36)44(38-22-19-31-11-3-6-14-34(31)27-38)40-16-8-7-15-39(40)43(41)37-21-18-30-10-2-5-13-33(30)26-37/h1-28H/i1D,2D,4D,5D,7D,8D,9D,10D,12D,13D,15D,16D,17D,18D,20D,21D,24D,25D,26D,28D. The molecular weight excluding hydrogens is 528 g/mol. The Hall–Kier alpha value is -5.72. The normalized spacial score (nSPS) is 18.0. The Balaban J connectivity index is 1.60. The van der Waals surface area contributed by atoms with E-state index < -0.39 is 159 Å². The summed E-state index contributed by atoms with van der Waals surface area (Å²) in [6, 6.07) is -0.527. The molecule has 204 valence electrons. The van der Waals surface area contributed by atoms with Crippen molar-refractivity contribution in [2.75, 3.05) is 0 Å². The highest BCUT2D eigenvalue weighted by atomic mass is 14.2. The summed E-state index contributed by atoms with van der Waals surface area (Å²) in [5.74, 6) is 0. The molecule has 44 heavy (non-hydrogen) atoms. The number of fused-ring (bicyclic) bond motifs is 5. The van der Waals surface area contributed by atoms with Crippen molar-refractivity contribution in [3.63, 3.8) is 0 Å². The Kier molecular flexibility index (Phi) is 2.73. The molecule has 0 bridgehead atoms. The molecule has 0 aliphatic rings. The van der Waals surface area contributed by atoms with Crippen LogP contribution in [0, 0.1) is 0 Å². The summed E-state index contributed by atoms with van der Waals surface area (Å²) in [6.07, 6.45) is 0. The summed E-state index contributed by atoms with van der Waals surface area (Å²) in [5, 5.41) is -1.43. The second kappa shape index (κ2) is 9.93. The van der Waals surface area contributed by atoms with Crippen molar-refractivity contribution < 1.29 is 27.4 Å². The molecule has 0 N–H and O–H groups in total. The monoisotopic (exact) mass is 576 g/mol. The minimum absolute atomic E-state index is 0.0365. The van der Waals surface area contributed by atoms with Crippen LogP contribution in [-0.2, 0) is 0 Å². The maximum Gasteiger partial charge on any atom is 0.0636 e. The molecule has 0 heteroatoms. The van der Waals surface area contributed by atoms with Gasteiger partial charge in [0.25, 0.3) is 0 Å². The van der Waals surface area contributed by atoms with Gasteiger partial charge >= 0.3 is 0 Å². The first kappa shape index (κ1) is 12.1. The Labute approximate surface area is 284 Å². The van der Waals surface area contributed by atoms with Crippen LogP contribution < -0.4 is 0 Å². The van der Waals surface area contributed by atoms with E-state index in [4.69, 9.17) is 17.8 Å². The summed E-state index contributed by atoms with van der Waals surface area (Å²) < 4.78 is 179. The second-order valence-electron chi connectivity index (χ2n) is 10.1. The summed E-state index contributed by atoms with van der Waals surface area (Å²) in [7, 11) is 0. The molecule has 0 unspecified atom stereocenters. The third-order valence-electron chi connectivity index (χ3n) is 7.62. The molecule has 0 saturated heterocycles. The average molecular weight is 577 g/mol. The van der Waals surface area contributed by atoms with Gasteiger partial charge in [-0.15, -0.1) is 0 Å². The summed E-state index contributed by atoms with van der Waals surface area (Å²) >= 11 is 0. The van der Waals surface area contributed by atoms with Gasteiger partial charge in [-0.05, 0) is 111 Å². The molecule has 0 amide bonds. The van der Waals surface area contributed by atoms with Crippen LogP contribution in [0.3, 0.4) is 0 Å². The van der Waals surface area contributed by atoms with Crippen LogP contribution in [0.15, 0.2) is 169 Å². The lowest BCUT2D eigenvalue weighted by molar-refractivity contribution is 1.66. The third kappa shape index (κ3) is 4.00. The van der Waals surface area contributed by atoms with E-state index in [1.807, 2.05) is 12.1 Å². The smallest absolute Gasteiger partial charge is 0.0616 e. The van der Waals surface area contributed by atoms with Crippen LogP contribution in [0.4, 0.5) is 0 Å². The van der Waals surface area contributed by atoms with E-state index >= 15 is 0 Å². The first-order chi connectivity index (χ1) is 30.1. The average Bonchev–Trinajstić information content (AvgIpc) is 3.27. The predicted molar refractivity (Wildman–Crippen MR) is 190 cm³/mol. The van der Waals surface area contributed by atoms with Crippen molar-refractivity contribution in [2.45, 2.75) is 0 Å². The van der Waals surface area contributed by atoms with E-state index in [0.29, 0.717) is 5.39 Å². The second-order valence-corrected chi connectivity index (χ2v) is 10.1. The van der Waals surface area contributed by atoms with Crippen molar-refractivity contribution in [3.05, 3.63) is 169 Å².